The molecule has 31 heavy (non-hydrogen) atoms. The smallest absolute Gasteiger partial charge is 0.250 e. The van der Waals surface area contributed by atoms with E-state index in [2.05, 4.69) is 17.1 Å². The molecule has 7 heteroatoms. The van der Waals surface area contributed by atoms with E-state index in [4.69, 9.17) is 0 Å². The summed E-state index contributed by atoms with van der Waals surface area (Å²) >= 11 is 0. The summed E-state index contributed by atoms with van der Waals surface area (Å²) in [5, 5.41) is 2.99. The van der Waals surface area contributed by atoms with Crippen LogP contribution in [0.3, 0.4) is 0 Å². The molecule has 3 amide bonds. The topological polar surface area (TPSA) is 69.7 Å². The predicted molar refractivity (Wildman–Crippen MR) is 112 cm³/mol. The number of nitrogens with one attached hydrogen (secondary N) is 1. The van der Waals surface area contributed by atoms with Crippen LogP contribution in [0, 0.1) is 17.7 Å². The molecular weight excluding hydrogens is 397 g/mol. The molecule has 0 saturated carbocycles. The number of halogens is 1. The Hall–Kier alpha value is -3.06. The molecule has 6 nitrogen and oxygen atoms in total. The second kappa shape index (κ2) is 6.23. The number of carbonyl (C=O) groups is 3. The second-order valence-corrected chi connectivity index (χ2v) is 8.85. The third kappa shape index (κ3) is 2.17. The minimum atomic E-state index is -1.17. The van der Waals surface area contributed by atoms with Crippen LogP contribution in [0.5, 0.6) is 0 Å². The molecule has 1 spiro atoms. The van der Waals surface area contributed by atoms with Crippen LogP contribution >= 0.6 is 0 Å². The van der Waals surface area contributed by atoms with Gasteiger partial charge in [-0.3, -0.25) is 19.3 Å². The van der Waals surface area contributed by atoms with Gasteiger partial charge in [-0.05, 0) is 61.7 Å². The largest absolute Gasteiger partial charge is 0.324 e. The minimum absolute atomic E-state index is 0.158. The van der Waals surface area contributed by atoms with Gasteiger partial charge in [0.2, 0.25) is 17.7 Å². The molecule has 2 aromatic rings. The van der Waals surface area contributed by atoms with E-state index in [1.807, 2.05) is 18.2 Å². The van der Waals surface area contributed by atoms with Crippen molar-refractivity contribution in [3.05, 3.63) is 59.4 Å². The molecule has 4 aliphatic heterocycles. The Morgan fingerprint density at radius 2 is 1.87 bits per heavy atom. The quantitative estimate of drug-likeness (QED) is 0.760. The molecular formula is C24H22FN3O3. The highest BCUT2D eigenvalue weighted by molar-refractivity contribution is 6.25. The molecule has 0 bridgehead atoms. The zero-order valence-corrected chi connectivity index (χ0v) is 17.1. The summed E-state index contributed by atoms with van der Waals surface area (Å²) in [5.41, 5.74) is 1.79. The van der Waals surface area contributed by atoms with Crippen LogP contribution < -0.4 is 10.2 Å². The summed E-state index contributed by atoms with van der Waals surface area (Å²) in [6, 6.07) is 11.1. The number of nitrogens with zero attached hydrogens (tertiary/aromatic N) is 2. The first-order valence-corrected chi connectivity index (χ1v) is 10.8. The van der Waals surface area contributed by atoms with Crippen molar-refractivity contribution < 1.29 is 18.8 Å². The van der Waals surface area contributed by atoms with Crippen molar-refractivity contribution in [2.24, 2.45) is 11.8 Å². The number of amides is 3. The van der Waals surface area contributed by atoms with Gasteiger partial charge in [0.05, 0.1) is 17.5 Å². The lowest BCUT2D eigenvalue weighted by Crippen LogP contribution is -2.54. The van der Waals surface area contributed by atoms with Crippen molar-refractivity contribution in [1.82, 2.24) is 4.90 Å². The third-order valence-electron chi connectivity index (χ3n) is 7.55. The van der Waals surface area contributed by atoms with Crippen LogP contribution in [-0.2, 0) is 26.3 Å². The van der Waals surface area contributed by atoms with Crippen LogP contribution in [-0.4, -0.2) is 35.2 Å². The second-order valence-electron chi connectivity index (χ2n) is 8.85. The lowest BCUT2D eigenvalue weighted by molar-refractivity contribution is -0.135. The van der Waals surface area contributed by atoms with Gasteiger partial charge < -0.3 is 5.32 Å². The van der Waals surface area contributed by atoms with E-state index >= 15 is 0 Å². The molecule has 0 aromatic heterocycles. The Kier molecular flexibility index (Phi) is 3.76. The highest BCUT2D eigenvalue weighted by atomic mass is 19.1. The Bertz CT molecular complexity index is 1150. The average molecular weight is 419 g/mol. The summed E-state index contributed by atoms with van der Waals surface area (Å²) in [6.45, 7) is 2.73. The number of rotatable bonds is 2. The first kappa shape index (κ1) is 18.7. The van der Waals surface area contributed by atoms with Crippen molar-refractivity contribution in [2.75, 3.05) is 16.8 Å². The van der Waals surface area contributed by atoms with Gasteiger partial charge in [-0.25, -0.2) is 9.29 Å². The monoisotopic (exact) mass is 419 g/mol. The summed E-state index contributed by atoms with van der Waals surface area (Å²) in [5.74, 6) is -2.69. The molecule has 2 aromatic carbocycles. The van der Waals surface area contributed by atoms with Crippen LogP contribution in [0.25, 0.3) is 0 Å². The molecule has 6 rings (SSSR count). The number of aryl methyl sites for hydroxylation is 1. The van der Waals surface area contributed by atoms with Crippen molar-refractivity contribution in [3.8, 4) is 0 Å². The maximum absolute atomic E-state index is 13.8. The molecule has 0 unspecified atom stereocenters. The number of fused-ring (bicyclic) bond motifs is 7. The number of benzene rings is 2. The van der Waals surface area contributed by atoms with Gasteiger partial charge in [0, 0.05) is 17.3 Å². The lowest BCUT2D eigenvalue weighted by atomic mass is 9.75. The van der Waals surface area contributed by atoms with Gasteiger partial charge >= 0.3 is 0 Å². The fraction of sp³-hybridized carbons (Fsp3) is 0.375. The van der Waals surface area contributed by atoms with Gasteiger partial charge in [0.25, 0.3) is 0 Å². The number of carbonyl (C=O) groups excluding carboxylic acids is 3. The molecule has 4 atom stereocenters. The van der Waals surface area contributed by atoms with Crippen molar-refractivity contribution in [3.63, 3.8) is 0 Å². The van der Waals surface area contributed by atoms with Crippen LogP contribution in [0.2, 0.25) is 0 Å². The van der Waals surface area contributed by atoms with E-state index in [1.165, 1.54) is 29.2 Å². The minimum Gasteiger partial charge on any atom is -0.324 e. The van der Waals surface area contributed by atoms with E-state index in [0.29, 0.717) is 17.9 Å². The summed E-state index contributed by atoms with van der Waals surface area (Å²) in [4.78, 5) is 44.2. The van der Waals surface area contributed by atoms with Gasteiger partial charge in [0.1, 0.15) is 11.4 Å². The van der Waals surface area contributed by atoms with Gasteiger partial charge in [0.15, 0.2) is 0 Å². The zero-order chi connectivity index (χ0) is 21.5. The molecule has 0 aliphatic carbocycles. The Labute approximate surface area is 179 Å². The number of anilines is 2. The maximum atomic E-state index is 13.8. The molecule has 0 radical (unpaired) electrons. The van der Waals surface area contributed by atoms with E-state index in [-0.39, 0.29) is 23.8 Å². The fourth-order valence-corrected chi connectivity index (χ4v) is 6.31. The Morgan fingerprint density at radius 1 is 1.10 bits per heavy atom. The molecule has 3 fully saturated rings. The average Bonchev–Trinajstić information content (AvgIpc) is 3.47. The first-order chi connectivity index (χ1) is 15.0. The molecule has 3 saturated heterocycles. The maximum Gasteiger partial charge on any atom is 0.250 e. The molecule has 4 aliphatic rings. The highest BCUT2D eigenvalue weighted by Crippen LogP contribution is 2.60. The Morgan fingerprint density at radius 3 is 2.61 bits per heavy atom. The van der Waals surface area contributed by atoms with E-state index in [1.54, 1.807) is 0 Å². The summed E-state index contributed by atoms with van der Waals surface area (Å²) < 4.78 is 13.5. The normalized spacial score (nSPS) is 31.4. The van der Waals surface area contributed by atoms with E-state index < -0.39 is 23.2 Å². The molecule has 4 heterocycles. The Balaban J connectivity index is 1.55. The standard InChI is InChI=1S/C24H22FN3O3/c1-2-13-5-10-17-16(12-13)24(23(31)26-17)20-19(18-4-3-11-27(18)24)21(29)28(22(20)30)15-8-6-14(25)7-9-15/h5-10,12,18-20H,2-4,11H2,1H3,(H,26,31)/t18-,19+,20-,24+/m0/s1. The number of hydrogen-bond acceptors (Lipinski definition) is 4. The van der Waals surface area contributed by atoms with Crippen molar-refractivity contribution in [2.45, 2.75) is 37.8 Å². The van der Waals surface area contributed by atoms with E-state index in [0.717, 1.165) is 30.4 Å². The van der Waals surface area contributed by atoms with Gasteiger partial charge in [-0.1, -0.05) is 19.1 Å². The first-order valence-electron chi connectivity index (χ1n) is 10.8. The third-order valence-corrected chi connectivity index (χ3v) is 7.55. The molecule has 158 valence electrons. The summed E-state index contributed by atoms with van der Waals surface area (Å²) in [7, 11) is 0. The zero-order valence-electron chi connectivity index (χ0n) is 17.1. The SMILES string of the molecule is CCc1ccc2c(c1)[C@]1(C(=O)N2)[C@@H]2C(=O)N(c3ccc(F)cc3)C(=O)[C@@H]2[C@@H]2CCCN21. The number of hydrogen-bond donors (Lipinski definition) is 1. The van der Waals surface area contributed by atoms with Crippen molar-refractivity contribution >= 4 is 29.1 Å². The van der Waals surface area contributed by atoms with Crippen LogP contribution in [0.1, 0.15) is 30.9 Å². The highest BCUT2D eigenvalue weighted by Gasteiger charge is 2.74. The number of imide groups is 1. The van der Waals surface area contributed by atoms with E-state index in [9.17, 15) is 18.8 Å². The van der Waals surface area contributed by atoms with Crippen LogP contribution in [0.15, 0.2) is 42.5 Å². The molecule has 1 N–H and O–H groups in total. The van der Waals surface area contributed by atoms with Crippen molar-refractivity contribution in [1.29, 1.82) is 0 Å². The van der Waals surface area contributed by atoms with Gasteiger partial charge in [-0.15, -0.1) is 0 Å². The van der Waals surface area contributed by atoms with Crippen LogP contribution in [0.4, 0.5) is 15.8 Å². The summed E-state index contributed by atoms with van der Waals surface area (Å²) in [6.07, 6.45) is 2.46. The predicted octanol–water partition coefficient (Wildman–Crippen LogP) is 2.82. The lowest BCUT2D eigenvalue weighted by Gasteiger charge is -2.36. The fourth-order valence-electron chi connectivity index (χ4n) is 6.31. The van der Waals surface area contributed by atoms with Gasteiger partial charge in [-0.2, -0.15) is 0 Å².